The van der Waals surface area contributed by atoms with E-state index >= 15 is 0 Å². The lowest BCUT2D eigenvalue weighted by Crippen LogP contribution is -2.35. The molecule has 0 unspecified atom stereocenters. The fraction of sp³-hybridized carbons (Fsp3) is 0.308. The zero-order chi connectivity index (χ0) is 24.9. The second kappa shape index (κ2) is 10.8. The molecule has 1 saturated heterocycles. The highest BCUT2D eigenvalue weighted by Crippen LogP contribution is 2.40. The van der Waals surface area contributed by atoms with Gasteiger partial charge in [0.05, 0.1) is 48.6 Å². The van der Waals surface area contributed by atoms with E-state index in [4.69, 9.17) is 14.2 Å². The van der Waals surface area contributed by atoms with Gasteiger partial charge in [-0.25, -0.2) is 0 Å². The first-order valence-corrected chi connectivity index (χ1v) is 12.1. The van der Waals surface area contributed by atoms with E-state index in [1.807, 2.05) is 36.4 Å². The van der Waals surface area contributed by atoms with Crippen LogP contribution in [0.5, 0.6) is 11.5 Å². The van der Waals surface area contributed by atoms with Crippen LogP contribution in [-0.2, 0) is 4.74 Å². The molecule has 184 valence electrons. The molecule has 0 aliphatic carbocycles. The SMILES string of the molecule is COc1cc(NC(=O)c2cc(-c3ccccc3)c(N3CCOCC3)s2)c(C(=O)N(C)C)cc1OC. The number of amides is 2. The zero-order valence-electron chi connectivity index (χ0n) is 20.3. The third kappa shape index (κ3) is 5.26. The maximum Gasteiger partial charge on any atom is 0.265 e. The fourth-order valence-electron chi connectivity index (χ4n) is 3.90. The summed E-state index contributed by atoms with van der Waals surface area (Å²) in [5, 5.41) is 3.96. The Kier molecular flexibility index (Phi) is 7.57. The molecular formula is C26H29N3O5S. The smallest absolute Gasteiger partial charge is 0.265 e. The van der Waals surface area contributed by atoms with Gasteiger partial charge in [0.15, 0.2) is 11.5 Å². The standard InChI is InChI=1S/C26H29N3O5S/c1-28(2)25(31)19-14-21(32-3)22(33-4)16-20(19)27-24(30)23-15-18(17-8-6-5-7-9-17)26(35-23)29-10-12-34-13-11-29/h5-9,14-16H,10-13H2,1-4H3,(H,27,30). The average molecular weight is 496 g/mol. The van der Waals surface area contributed by atoms with Crippen LogP contribution in [0.15, 0.2) is 48.5 Å². The van der Waals surface area contributed by atoms with Gasteiger partial charge in [0, 0.05) is 38.8 Å². The number of carbonyl (C=O) groups is 2. The maximum atomic E-state index is 13.5. The number of nitrogens with zero attached hydrogens (tertiary/aromatic N) is 2. The van der Waals surface area contributed by atoms with Crippen molar-refractivity contribution in [3.05, 3.63) is 59.0 Å². The Hall–Kier alpha value is -3.56. The number of methoxy groups -OCH3 is 2. The van der Waals surface area contributed by atoms with E-state index in [2.05, 4.69) is 10.2 Å². The number of thiophene rings is 1. The van der Waals surface area contributed by atoms with Gasteiger partial charge in [-0.1, -0.05) is 30.3 Å². The van der Waals surface area contributed by atoms with Crippen molar-refractivity contribution < 1.29 is 23.8 Å². The summed E-state index contributed by atoms with van der Waals surface area (Å²) in [6, 6.07) is 15.1. The molecule has 3 aromatic rings. The van der Waals surface area contributed by atoms with Crippen LogP contribution in [0.2, 0.25) is 0 Å². The lowest BCUT2D eigenvalue weighted by molar-refractivity contribution is 0.0828. The van der Waals surface area contributed by atoms with Crippen molar-refractivity contribution in [2.24, 2.45) is 0 Å². The van der Waals surface area contributed by atoms with E-state index in [1.165, 1.54) is 30.5 Å². The molecule has 35 heavy (non-hydrogen) atoms. The summed E-state index contributed by atoms with van der Waals surface area (Å²) in [6.45, 7) is 2.82. The molecule has 0 atom stereocenters. The Balaban J connectivity index is 1.72. The van der Waals surface area contributed by atoms with Crippen molar-refractivity contribution in [1.29, 1.82) is 0 Å². The molecular weight excluding hydrogens is 466 g/mol. The summed E-state index contributed by atoms with van der Waals surface area (Å²) in [5.74, 6) is 0.272. The van der Waals surface area contributed by atoms with Crippen LogP contribution in [0.25, 0.3) is 11.1 Å². The first kappa shape index (κ1) is 24.6. The van der Waals surface area contributed by atoms with Crippen molar-refractivity contribution >= 4 is 33.8 Å². The van der Waals surface area contributed by atoms with Crippen molar-refractivity contribution in [3.8, 4) is 22.6 Å². The summed E-state index contributed by atoms with van der Waals surface area (Å²) in [7, 11) is 6.33. The van der Waals surface area contributed by atoms with E-state index in [0.717, 1.165) is 29.2 Å². The van der Waals surface area contributed by atoms with Crippen LogP contribution in [0.4, 0.5) is 10.7 Å². The second-order valence-corrected chi connectivity index (χ2v) is 9.23. The zero-order valence-corrected chi connectivity index (χ0v) is 21.1. The monoisotopic (exact) mass is 495 g/mol. The van der Waals surface area contributed by atoms with Gasteiger partial charge in [0.25, 0.3) is 11.8 Å². The highest BCUT2D eigenvalue weighted by atomic mass is 32.1. The van der Waals surface area contributed by atoms with Crippen molar-refractivity contribution in [3.63, 3.8) is 0 Å². The number of morpholine rings is 1. The minimum Gasteiger partial charge on any atom is -0.493 e. The summed E-state index contributed by atoms with van der Waals surface area (Å²) in [5.41, 5.74) is 2.71. The second-order valence-electron chi connectivity index (χ2n) is 8.20. The number of hydrogen-bond donors (Lipinski definition) is 1. The Morgan fingerprint density at radius 1 is 1.00 bits per heavy atom. The van der Waals surface area contributed by atoms with Gasteiger partial charge >= 0.3 is 0 Å². The summed E-state index contributed by atoms with van der Waals surface area (Å²) < 4.78 is 16.3. The van der Waals surface area contributed by atoms with Crippen molar-refractivity contribution in [1.82, 2.24) is 4.90 Å². The molecule has 1 aliphatic heterocycles. The van der Waals surface area contributed by atoms with Crippen LogP contribution >= 0.6 is 11.3 Å². The van der Waals surface area contributed by atoms with Crippen LogP contribution in [0.1, 0.15) is 20.0 Å². The predicted octanol–water partition coefficient (Wildman–Crippen LogP) is 4.22. The quantitative estimate of drug-likeness (QED) is 0.529. The molecule has 0 radical (unpaired) electrons. The number of carbonyl (C=O) groups excluding carboxylic acids is 2. The van der Waals surface area contributed by atoms with E-state index in [-0.39, 0.29) is 11.8 Å². The summed E-state index contributed by atoms with van der Waals surface area (Å²) in [6.07, 6.45) is 0. The molecule has 2 amide bonds. The number of nitrogens with one attached hydrogen (secondary N) is 1. The minimum atomic E-state index is -0.299. The molecule has 2 aromatic carbocycles. The topological polar surface area (TPSA) is 80.3 Å². The van der Waals surface area contributed by atoms with Crippen molar-refractivity contribution in [2.45, 2.75) is 0 Å². The summed E-state index contributed by atoms with van der Waals surface area (Å²) in [4.78, 5) is 30.6. The number of anilines is 2. The Morgan fingerprint density at radius 2 is 1.66 bits per heavy atom. The Morgan fingerprint density at radius 3 is 2.29 bits per heavy atom. The fourth-order valence-corrected chi connectivity index (χ4v) is 5.03. The average Bonchev–Trinajstić information content (AvgIpc) is 3.35. The molecule has 9 heteroatoms. The van der Waals surface area contributed by atoms with Gasteiger partial charge in [-0.2, -0.15) is 0 Å². The molecule has 0 spiro atoms. The normalized spacial score (nSPS) is 13.3. The van der Waals surface area contributed by atoms with Gasteiger partial charge in [0.2, 0.25) is 0 Å². The van der Waals surface area contributed by atoms with Gasteiger partial charge < -0.3 is 29.3 Å². The first-order chi connectivity index (χ1) is 16.9. The van der Waals surface area contributed by atoms with E-state index in [1.54, 1.807) is 26.2 Å². The number of hydrogen-bond acceptors (Lipinski definition) is 7. The lowest BCUT2D eigenvalue weighted by Gasteiger charge is -2.28. The van der Waals surface area contributed by atoms with Gasteiger partial charge in [-0.3, -0.25) is 9.59 Å². The molecule has 0 bridgehead atoms. The maximum absolute atomic E-state index is 13.5. The third-order valence-electron chi connectivity index (χ3n) is 5.73. The van der Waals surface area contributed by atoms with Crippen molar-refractivity contribution in [2.75, 3.05) is 64.8 Å². The largest absolute Gasteiger partial charge is 0.493 e. The molecule has 1 fully saturated rings. The van der Waals surface area contributed by atoms with Crippen LogP contribution in [-0.4, -0.2) is 71.3 Å². The number of benzene rings is 2. The molecule has 1 aromatic heterocycles. The van der Waals surface area contributed by atoms with Gasteiger partial charge in [0.1, 0.15) is 0 Å². The third-order valence-corrected chi connectivity index (χ3v) is 6.92. The van der Waals surface area contributed by atoms with E-state index in [0.29, 0.717) is 40.8 Å². The van der Waals surface area contributed by atoms with Gasteiger partial charge in [-0.05, 0) is 17.7 Å². The highest BCUT2D eigenvalue weighted by molar-refractivity contribution is 7.18. The molecule has 0 saturated carbocycles. The molecule has 8 nitrogen and oxygen atoms in total. The lowest BCUT2D eigenvalue weighted by atomic mass is 10.1. The Labute approximate surface area is 209 Å². The van der Waals surface area contributed by atoms with Crippen LogP contribution < -0.4 is 19.7 Å². The van der Waals surface area contributed by atoms with Crippen LogP contribution in [0.3, 0.4) is 0 Å². The van der Waals surface area contributed by atoms with E-state index in [9.17, 15) is 9.59 Å². The summed E-state index contributed by atoms with van der Waals surface area (Å²) >= 11 is 1.43. The molecule has 1 N–H and O–H groups in total. The predicted molar refractivity (Wildman–Crippen MR) is 138 cm³/mol. The van der Waals surface area contributed by atoms with Crippen LogP contribution in [0, 0.1) is 0 Å². The molecule has 4 rings (SSSR count). The minimum absolute atomic E-state index is 0.258. The van der Waals surface area contributed by atoms with Gasteiger partial charge in [-0.15, -0.1) is 11.3 Å². The number of rotatable bonds is 7. The molecule has 1 aliphatic rings. The first-order valence-electron chi connectivity index (χ1n) is 11.2. The number of ether oxygens (including phenoxy) is 3. The Bertz CT molecular complexity index is 1200. The highest BCUT2D eigenvalue weighted by Gasteiger charge is 2.24. The van der Waals surface area contributed by atoms with E-state index < -0.39 is 0 Å². The molecule has 2 heterocycles.